The lowest BCUT2D eigenvalue weighted by atomic mass is 9.96. The van der Waals surface area contributed by atoms with E-state index >= 15 is 0 Å². The number of nitrogens with two attached hydrogens (primary N) is 1. The van der Waals surface area contributed by atoms with Gasteiger partial charge in [-0.25, -0.2) is 4.99 Å². The van der Waals surface area contributed by atoms with Gasteiger partial charge in [0.2, 0.25) is 0 Å². The second kappa shape index (κ2) is 8.92. The molecular weight excluding hydrogens is 424 g/mol. The van der Waals surface area contributed by atoms with Gasteiger partial charge in [-0.1, -0.05) is 97.1 Å². The molecule has 6 aromatic rings. The standard InChI is InChI=1S/C33H24N2/c34-28-16-13-24(14-17-28)33(35-29-18-15-23-7-1-2-8-25(23)22-29)20-19-32-30-11-5-3-9-26(30)21-27-10-4-6-12-31(27)32/h1-22H,34H2. The van der Waals surface area contributed by atoms with Crippen LogP contribution in [0.3, 0.4) is 0 Å². The molecular formula is C33H24N2. The van der Waals surface area contributed by atoms with Crippen LogP contribution in [0.1, 0.15) is 11.1 Å². The van der Waals surface area contributed by atoms with E-state index in [1.165, 1.54) is 37.9 Å². The molecule has 0 aromatic heterocycles. The van der Waals surface area contributed by atoms with Gasteiger partial charge in [-0.15, -0.1) is 0 Å². The normalized spacial score (nSPS) is 12.2. The Morgan fingerprint density at radius 2 is 1.17 bits per heavy atom. The van der Waals surface area contributed by atoms with Crippen LogP contribution in [0.4, 0.5) is 11.4 Å². The lowest BCUT2D eigenvalue weighted by Crippen LogP contribution is -1.97. The summed E-state index contributed by atoms with van der Waals surface area (Å²) >= 11 is 0. The van der Waals surface area contributed by atoms with Gasteiger partial charge in [0, 0.05) is 11.3 Å². The number of nitrogen functional groups attached to an aromatic ring is 1. The summed E-state index contributed by atoms with van der Waals surface area (Å²) in [5.41, 5.74) is 10.7. The van der Waals surface area contributed by atoms with Crippen molar-refractivity contribution in [2.75, 3.05) is 5.73 Å². The van der Waals surface area contributed by atoms with Crippen molar-refractivity contribution in [2.24, 2.45) is 4.99 Å². The van der Waals surface area contributed by atoms with Crippen LogP contribution in [-0.4, -0.2) is 5.71 Å². The molecule has 6 rings (SSSR count). The van der Waals surface area contributed by atoms with Crippen molar-refractivity contribution >= 4 is 55.5 Å². The van der Waals surface area contributed by atoms with Gasteiger partial charge in [-0.05, 0) is 74.3 Å². The van der Waals surface area contributed by atoms with E-state index < -0.39 is 0 Å². The van der Waals surface area contributed by atoms with E-state index in [0.717, 1.165) is 22.6 Å². The Morgan fingerprint density at radius 1 is 0.571 bits per heavy atom. The third-order valence-corrected chi connectivity index (χ3v) is 6.41. The molecule has 35 heavy (non-hydrogen) atoms. The lowest BCUT2D eigenvalue weighted by Gasteiger charge is -2.09. The van der Waals surface area contributed by atoms with Gasteiger partial charge in [0.15, 0.2) is 0 Å². The largest absolute Gasteiger partial charge is 0.399 e. The summed E-state index contributed by atoms with van der Waals surface area (Å²) in [6.07, 6.45) is 4.32. The second-order valence-corrected chi connectivity index (χ2v) is 8.72. The molecule has 0 radical (unpaired) electrons. The van der Waals surface area contributed by atoms with Crippen molar-refractivity contribution in [1.29, 1.82) is 0 Å². The van der Waals surface area contributed by atoms with Crippen LogP contribution in [0.25, 0.3) is 38.4 Å². The minimum atomic E-state index is 0.739. The predicted octanol–water partition coefficient (Wildman–Crippen LogP) is 8.56. The van der Waals surface area contributed by atoms with E-state index in [1.54, 1.807) is 0 Å². The van der Waals surface area contributed by atoms with Crippen molar-refractivity contribution in [2.45, 2.75) is 0 Å². The summed E-state index contributed by atoms with van der Waals surface area (Å²) < 4.78 is 0. The van der Waals surface area contributed by atoms with Gasteiger partial charge in [0.1, 0.15) is 0 Å². The van der Waals surface area contributed by atoms with Crippen molar-refractivity contribution in [1.82, 2.24) is 0 Å². The molecule has 2 nitrogen and oxygen atoms in total. The molecule has 2 heteroatoms. The fourth-order valence-corrected chi connectivity index (χ4v) is 4.63. The maximum Gasteiger partial charge on any atom is 0.0709 e. The van der Waals surface area contributed by atoms with Crippen molar-refractivity contribution in [3.63, 3.8) is 0 Å². The van der Waals surface area contributed by atoms with Crippen molar-refractivity contribution in [3.05, 3.63) is 139 Å². The maximum absolute atomic E-state index is 5.97. The fraction of sp³-hybridized carbons (Fsp3) is 0. The number of hydrogen-bond donors (Lipinski definition) is 1. The molecule has 0 unspecified atom stereocenters. The molecule has 0 saturated carbocycles. The van der Waals surface area contributed by atoms with Crippen molar-refractivity contribution in [3.8, 4) is 0 Å². The highest BCUT2D eigenvalue weighted by Gasteiger charge is 2.07. The van der Waals surface area contributed by atoms with Crippen molar-refractivity contribution < 1.29 is 0 Å². The van der Waals surface area contributed by atoms with Gasteiger partial charge in [0.25, 0.3) is 0 Å². The summed E-state index contributed by atoms with van der Waals surface area (Å²) in [5, 5.41) is 7.29. The van der Waals surface area contributed by atoms with Crippen LogP contribution in [0.5, 0.6) is 0 Å². The number of benzene rings is 6. The summed E-state index contributed by atoms with van der Waals surface area (Å²) in [4.78, 5) is 5.07. The lowest BCUT2D eigenvalue weighted by molar-refractivity contribution is 1.52. The number of fused-ring (bicyclic) bond motifs is 3. The van der Waals surface area contributed by atoms with E-state index in [2.05, 4.69) is 109 Å². The third-order valence-electron chi connectivity index (χ3n) is 6.41. The van der Waals surface area contributed by atoms with Crippen LogP contribution < -0.4 is 5.73 Å². The first-order chi connectivity index (χ1) is 17.2. The molecule has 0 aliphatic carbocycles. The highest BCUT2D eigenvalue weighted by molar-refractivity contribution is 6.15. The minimum Gasteiger partial charge on any atom is -0.399 e. The first kappa shape index (κ1) is 20.9. The van der Waals surface area contributed by atoms with Crippen LogP contribution in [0, 0.1) is 0 Å². The molecule has 0 saturated heterocycles. The van der Waals surface area contributed by atoms with E-state index in [1.807, 2.05) is 24.3 Å². The monoisotopic (exact) mass is 448 g/mol. The molecule has 0 heterocycles. The smallest absolute Gasteiger partial charge is 0.0709 e. The second-order valence-electron chi connectivity index (χ2n) is 8.72. The maximum atomic E-state index is 5.97. The Hall–Kier alpha value is -4.69. The molecule has 166 valence electrons. The van der Waals surface area contributed by atoms with Crippen LogP contribution in [-0.2, 0) is 0 Å². The average molecular weight is 449 g/mol. The zero-order chi connectivity index (χ0) is 23.6. The molecule has 0 bridgehead atoms. The molecule has 0 atom stereocenters. The molecule has 0 aliphatic rings. The highest BCUT2D eigenvalue weighted by Crippen LogP contribution is 2.30. The van der Waals surface area contributed by atoms with Gasteiger partial charge >= 0.3 is 0 Å². The summed E-state index contributed by atoms with van der Waals surface area (Å²) in [7, 11) is 0. The fourth-order valence-electron chi connectivity index (χ4n) is 4.63. The van der Waals surface area contributed by atoms with Crippen LogP contribution in [0.2, 0.25) is 0 Å². The number of anilines is 1. The van der Waals surface area contributed by atoms with E-state index in [-0.39, 0.29) is 0 Å². The number of rotatable bonds is 4. The zero-order valence-electron chi connectivity index (χ0n) is 19.2. The van der Waals surface area contributed by atoms with Crippen LogP contribution in [0.15, 0.2) is 132 Å². The quantitative estimate of drug-likeness (QED) is 0.164. The molecule has 2 N–H and O–H groups in total. The van der Waals surface area contributed by atoms with E-state index in [4.69, 9.17) is 10.7 Å². The van der Waals surface area contributed by atoms with Gasteiger partial charge in [-0.2, -0.15) is 0 Å². The first-order valence-corrected chi connectivity index (χ1v) is 11.8. The van der Waals surface area contributed by atoms with E-state index in [9.17, 15) is 0 Å². The SMILES string of the molecule is Nc1ccc(C(C=Cc2c3ccccc3cc3ccccc23)=Nc2ccc3ccccc3c2)cc1. The first-order valence-electron chi connectivity index (χ1n) is 11.8. The third kappa shape index (κ3) is 4.18. The zero-order valence-corrected chi connectivity index (χ0v) is 19.2. The Labute approximate surface area is 204 Å². The molecule has 0 amide bonds. The summed E-state index contributed by atoms with van der Waals surface area (Å²) in [5.74, 6) is 0. The highest BCUT2D eigenvalue weighted by atomic mass is 14.7. The number of hydrogen-bond acceptors (Lipinski definition) is 2. The Bertz CT molecular complexity index is 1690. The van der Waals surface area contributed by atoms with Gasteiger partial charge in [-0.3, -0.25) is 0 Å². The molecule has 6 aromatic carbocycles. The predicted molar refractivity (Wildman–Crippen MR) is 151 cm³/mol. The topological polar surface area (TPSA) is 38.4 Å². The summed E-state index contributed by atoms with van der Waals surface area (Å²) in [6, 6.07) is 41.9. The number of aliphatic imine (C=N–C) groups is 1. The number of nitrogens with zero attached hydrogens (tertiary/aromatic N) is 1. The van der Waals surface area contributed by atoms with Gasteiger partial charge in [0.05, 0.1) is 11.4 Å². The Morgan fingerprint density at radius 3 is 1.86 bits per heavy atom. The molecule has 0 spiro atoms. The Balaban J connectivity index is 1.53. The van der Waals surface area contributed by atoms with Crippen LogP contribution >= 0.6 is 0 Å². The Kier molecular flexibility index (Phi) is 5.32. The molecule has 0 aliphatic heterocycles. The molecule has 0 fully saturated rings. The minimum absolute atomic E-state index is 0.739. The number of allylic oxidation sites excluding steroid dienone is 1. The van der Waals surface area contributed by atoms with Gasteiger partial charge < -0.3 is 5.73 Å². The summed E-state index contributed by atoms with van der Waals surface area (Å²) in [6.45, 7) is 0. The average Bonchev–Trinajstić information content (AvgIpc) is 2.90. The van der Waals surface area contributed by atoms with E-state index in [0.29, 0.717) is 0 Å².